The maximum Gasteiger partial charge on any atom is 0.101 e. The lowest BCUT2D eigenvalue weighted by Crippen LogP contribution is -3.14. The lowest BCUT2D eigenvalue weighted by atomic mass is 9.87. The van der Waals surface area contributed by atoms with Crippen LogP contribution in [0.5, 0.6) is 0 Å². The lowest BCUT2D eigenvalue weighted by molar-refractivity contribution is -0.909. The Bertz CT molecular complexity index is 224. The van der Waals surface area contributed by atoms with E-state index in [1.165, 1.54) is 38.9 Å². The third-order valence-electron chi connectivity index (χ3n) is 4.69. The molecule has 1 N–H and O–H groups in total. The van der Waals surface area contributed by atoms with Crippen LogP contribution in [-0.4, -0.2) is 50.8 Å². The Balaban J connectivity index is 1.70. The third-order valence-corrected chi connectivity index (χ3v) is 4.69. The van der Waals surface area contributed by atoms with Gasteiger partial charge in [-0.15, -0.1) is 0 Å². The van der Waals surface area contributed by atoms with E-state index in [-0.39, 0.29) is 0 Å². The largest absolute Gasteiger partial charge is 0.335 e. The van der Waals surface area contributed by atoms with Crippen LogP contribution in [0.4, 0.5) is 4.39 Å². The van der Waals surface area contributed by atoms with Gasteiger partial charge >= 0.3 is 0 Å². The van der Waals surface area contributed by atoms with Crippen LogP contribution in [0.25, 0.3) is 0 Å². The molecule has 3 heteroatoms. The highest BCUT2D eigenvalue weighted by atomic mass is 19.1. The Morgan fingerprint density at radius 1 is 1.12 bits per heavy atom. The molecule has 0 aromatic rings. The molecule has 2 unspecified atom stereocenters. The van der Waals surface area contributed by atoms with E-state index in [9.17, 15) is 4.39 Å². The van der Waals surface area contributed by atoms with Crippen molar-refractivity contribution >= 4 is 0 Å². The number of nitrogens with one attached hydrogen (secondary N) is 1. The molecular weight excluding hydrogens is 215 g/mol. The van der Waals surface area contributed by atoms with E-state index in [1.807, 2.05) is 0 Å². The van der Waals surface area contributed by atoms with Crippen molar-refractivity contribution in [3.8, 4) is 0 Å². The molecule has 0 aromatic heterocycles. The molecule has 2 nitrogen and oxygen atoms in total. The molecule has 100 valence electrons. The predicted molar refractivity (Wildman–Crippen MR) is 69.1 cm³/mol. The Morgan fingerprint density at radius 3 is 2.41 bits per heavy atom. The van der Waals surface area contributed by atoms with E-state index in [0.29, 0.717) is 5.92 Å². The molecule has 0 spiro atoms. The SMILES string of the molecule is CN(C)C1CC[NH+](CC2CCCC(F)C2)CC1. The Kier molecular flexibility index (Phi) is 4.80. The summed E-state index contributed by atoms with van der Waals surface area (Å²) in [5.41, 5.74) is 0. The highest BCUT2D eigenvalue weighted by Crippen LogP contribution is 2.25. The second kappa shape index (κ2) is 6.14. The number of likely N-dealkylation sites (tertiary alicyclic amines) is 1. The van der Waals surface area contributed by atoms with Gasteiger partial charge in [0.25, 0.3) is 0 Å². The molecule has 2 rings (SSSR count). The van der Waals surface area contributed by atoms with Crippen LogP contribution in [0, 0.1) is 5.92 Å². The van der Waals surface area contributed by atoms with Crippen LogP contribution < -0.4 is 4.90 Å². The summed E-state index contributed by atoms with van der Waals surface area (Å²) in [6, 6.07) is 0.777. The summed E-state index contributed by atoms with van der Waals surface area (Å²) in [6.45, 7) is 3.80. The molecule has 2 aliphatic rings. The second-order valence-corrected chi connectivity index (χ2v) is 6.28. The standard InChI is InChI=1S/C14H27FN2/c1-16(2)14-6-8-17(9-7-14)11-12-4-3-5-13(15)10-12/h12-14H,3-11H2,1-2H3/p+1. The molecule has 0 radical (unpaired) electrons. The first-order valence-electron chi connectivity index (χ1n) is 7.29. The van der Waals surface area contributed by atoms with Gasteiger partial charge in [0.05, 0.1) is 19.6 Å². The zero-order valence-corrected chi connectivity index (χ0v) is 11.4. The highest BCUT2D eigenvalue weighted by Gasteiger charge is 2.28. The Labute approximate surface area is 105 Å². The van der Waals surface area contributed by atoms with E-state index in [0.717, 1.165) is 25.3 Å². The predicted octanol–water partition coefficient (Wildman–Crippen LogP) is 1.12. The number of piperidine rings is 1. The topological polar surface area (TPSA) is 7.68 Å². The summed E-state index contributed by atoms with van der Waals surface area (Å²) in [4.78, 5) is 4.08. The first kappa shape index (κ1) is 13.3. The zero-order valence-electron chi connectivity index (χ0n) is 11.4. The number of nitrogens with zero attached hydrogens (tertiary/aromatic N) is 1. The van der Waals surface area contributed by atoms with Crippen molar-refractivity contribution in [3.05, 3.63) is 0 Å². The summed E-state index contributed by atoms with van der Waals surface area (Å²) < 4.78 is 13.3. The first-order valence-corrected chi connectivity index (χ1v) is 7.29. The smallest absolute Gasteiger partial charge is 0.101 e. The molecule has 2 atom stereocenters. The van der Waals surface area contributed by atoms with Gasteiger partial charge in [0.2, 0.25) is 0 Å². The van der Waals surface area contributed by atoms with Crippen LogP contribution >= 0.6 is 0 Å². The van der Waals surface area contributed by atoms with Gasteiger partial charge in [0.1, 0.15) is 6.17 Å². The van der Waals surface area contributed by atoms with Gasteiger partial charge in [-0.1, -0.05) is 6.42 Å². The van der Waals surface area contributed by atoms with Crippen LogP contribution in [0.3, 0.4) is 0 Å². The molecular formula is C14H28FN2+. The average molecular weight is 243 g/mol. The van der Waals surface area contributed by atoms with Crippen molar-refractivity contribution in [2.45, 2.75) is 50.7 Å². The molecule has 1 aliphatic carbocycles. The van der Waals surface area contributed by atoms with Crippen molar-refractivity contribution in [2.75, 3.05) is 33.7 Å². The molecule has 1 saturated heterocycles. The van der Waals surface area contributed by atoms with Crippen molar-refractivity contribution < 1.29 is 9.29 Å². The van der Waals surface area contributed by atoms with E-state index >= 15 is 0 Å². The maximum absolute atomic E-state index is 13.3. The summed E-state index contributed by atoms with van der Waals surface area (Å²) in [6.07, 6.45) is 6.14. The monoisotopic (exact) mass is 243 g/mol. The molecule has 0 amide bonds. The fourth-order valence-corrected chi connectivity index (χ4v) is 3.55. The Morgan fingerprint density at radius 2 is 1.82 bits per heavy atom. The molecule has 17 heavy (non-hydrogen) atoms. The molecule has 0 aromatic carbocycles. The van der Waals surface area contributed by atoms with Gasteiger partial charge in [-0.05, 0) is 33.4 Å². The average Bonchev–Trinajstić information content (AvgIpc) is 2.29. The minimum absolute atomic E-state index is 0.507. The fourth-order valence-electron chi connectivity index (χ4n) is 3.55. The van der Waals surface area contributed by atoms with Crippen LogP contribution in [-0.2, 0) is 0 Å². The summed E-state index contributed by atoms with van der Waals surface area (Å²) >= 11 is 0. The van der Waals surface area contributed by atoms with Crippen molar-refractivity contribution in [1.29, 1.82) is 0 Å². The summed E-state index contributed by atoms with van der Waals surface area (Å²) in [5, 5.41) is 0. The van der Waals surface area contributed by atoms with Crippen LogP contribution in [0.1, 0.15) is 38.5 Å². The van der Waals surface area contributed by atoms with Crippen molar-refractivity contribution in [3.63, 3.8) is 0 Å². The molecule has 2 fully saturated rings. The molecule has 1 aliphatic heterocycles. The van der Waals surface area contributed by atoms with Gasteiger partial charge < -0.3 is 9.80 Å². The Hall–Kier alpha value is -0.150. The number of quaternary nitrogens is 1. The highest BCUT2D eigenvalue weighted by molar-refractivity contribution is 4.73. The summed E-state index contributed by atoms with van der Waals surface area (Å²) in [7, 11) is 4.37. The van der Waals surface area contributed by atoms with Gasteiger partial charge in [-0.2, -0.15) is 0 Å². The third kappa shape index (κ3) is 3.92. The maximum atomic E-state index is 13.3. The number of hydrogen-bond donors (Lipinski definition) is 1. The number of rotatable bonds is 3. The van der Waals surface area contributed by atoms with Crippen LogP contribution in [0.2, 0.25) is 0 Å². The van der Waals surface area contributed by atoms with Crippen molar-refractivity contribution in [1.82, 2.24) is 4.90 Å². The minimum Gasteiger partial charge on any atom is -0.335 e. The minimum atomic E-state index is -0.507. The quantitative estimate of drug-likeness (QED) is 0.780. The molecule has 1 saturated carbocycles. The van der Waals surface area contributed by atoms with E-state index in [1.54, 1.807) is 4.90 Å². The molecule has 1 heterocycles. The fraction of sp³-hybridized carbons (Fsp3) is 1.00. The zero-order chi connectivity index (χ0) is 12.3. The normalized spacial score (nSPS) is 39.5. The van der Waals surface area contributed by atoms with Gasteiger partial charge in [0.15, 0.2) is 0 Å². The number of alkyl halides is 1. The lowest BCUT2D eigenvalue weighted by Gasteiger charge is -2.35. The second-order valence-electron chi connectivity index (χ2n) is 6.28. The van der Waals surface area contributed by atoms with Crippen LogP contribution in [0.15, 0.2) is 0 Å². The number of hydrogen-bond acceptors (Lipinski definition) is 1. The summed E-state index contributed by atoms with van der Waals surface area (Å²) in [5.74, 6) is 0.657. The van der Waals surface area contributed by atoms with Gasteiger partial charge in [0, 0.05) is 24.8 Å². The van der Waals surface area contributed by atoms with E-state index in [4.69, 9.17) is 0 Å². The molecule has 0 bridgehead atoms. The number of halogens is 1. The van der Waals surface area contributed by atoms with Gasteiger partial charge in [-0.25, -0.2) is 4.39 Å². The van der Waals surface area contributed by atoms with Gasteiger partial charge in [-0.3, -0.25) is 0 Å². The van der Waals surface area contributed by atoms with Crippen molar-refractivity contribution in [2.24, 2.45) is 5.92 Å². The van der Waals surface area contributed by atoms with E-state index in [2.05, 4.69) is 19.0 Å². The first-order chi connectivity index (χ1) is 8.15. The van der Waals surface area contributed by atoms with E-state index < -0.39 is 6.17 Å².